The Bertz CT molecular complexity index is 7170. The molecular weight excluding hydrogens is 1230 g/mol. The molecule has 0 N–H and O–H groups in total. The molecule has 0 saturated heterocycles. The fraction of sp³-hybridized carbons (Fsp3) is 0. The lowest BCUT2D eigenvalue weighted by molar-refractivity contribution is 1.10. The summed E-state index contributed by atoms with van der Waals surface area (Å²) in [5.41, 5.74) is 28.3. The zero-order valence-electron chi connectivity index (χ0n) is 53.7. The predicted molar refractivity (Wildman–Crippen MR) is 421 cm³/mol. The lowest BCUT2D eigenvalue weighted by Gasteiger charge is -2.12. The largest absolute Gasteiger partial charge is 0.309 e. The number of fused-ring (bicyclic) bond motifs is 20. The Hall–Kier alpha value is -13.0. The predicted octanol–water partition coefficient (Wildman–Crippen LogP) is 25.6. The summed E-state index contributed by atoms with van der Waals surface area (Å²) in [6.45, 7) is 0. The normalized spacial score (nSPS) is 12.4. The van der Waals surface area contributed by atoms with Gasteiger partial charge in [-0.3, -0.25) is 9.55 Å². The molecule has 6 heteroatoms. The van der Waals surface area contributed by atoms with Crippen molar-refractivity contribution in [1.29, 1.82) is 0 Å². The average Bonchev–Trinajstić information content (AvgIpc) is 1.57. The molecule has 0 fully saturated rings. The topological polar surface area (TPSA) is 40.6 Å². The third-order valence-electron chi connectivity index (χ3n) is 22.0. The summed E-state index contributed by atoms with van der Waals surface area (Å²) in [5, 5.41) is 17.2. The molecule has 0 atom stereocenters. The second-order valence-electron chi connectivity index (χ2n) is 27.1. The van der Waals surface area contributed by atoms with E-state index >= 15 is 0 Å². The standard InChI is InChI=1S/C94H53N5S/c1-2-15-62(16-3-1)97-84-41-33-58(60-36-45-89-78(49-60)69-21-9-11-27-88(69)100-89)48-76(84)77-51-61(35-43-85(77)97)93-72-24-12-22-71-67-39-30-56(46-74(67)81(52-95-93)90(71)72)54-28-37-63(38-29-54)98-82-26-10-8-20-68(82)75-47-57(32-40-83(75)98)59-34-42-86-79(50-59)92-64-17-5-4-14-55(64)31-44-87(92)99(86)94-73-25-13-23-70-65-18-6-7-19-66(65)80(53-96-94)91(70)73/h1-53H. The van der Waals surface area contributed by atoms with Gasteiger partial charge in [-0.15, -0.1) is 11.3 Å². The Labute approximate surface area is 577 Å². The summed E-state index contributed by atoms with van der Waals surface area (Å²) in [6, 6.07) is 115. The van der Waals surface area contributed by atoms with Crippen molar-refractivity contribution in [3.05, 3.63) is 322 Å². The van der Waals surface area contributed by atoms with E-state index < -0.39 is 0 Å². The third-order valence-corrected chi connectivity index (χ3v) is 23.2. The summed E-state index contributed by atoms with van der Waals surface area (Å²) >= 11 is 1.86. The molecule has 0 saturated carbocycles. The van der Waals surface area contributed by atoms with E-state index in [1.165, 1.54) is 168 Å². The van der Waals surface area contributed by atoms with Gasteiger partial charge in [0, 0.05) is 114 Å². The van der Waals surface area contributed by atoms with E-state index in [-0.39, 0.29) is 0 Å². The van der Waals surface area contributed by atoms with Gasteiger partial charge < -0.3 is 9.13 Å². The van der Waals surface area contributed by atoms with Crippen LogP contribution in [-0.2, 0) is 0 Å². The third kappa shape index (κ3) is 7.54. The van der Waals surface area contributed by atoms with Crippen LogP contribution in [0.2, 0.25) is 0 Å². The number of thiophene rings is 1. The molecule has 23 rings (SSSR count). The van der Waals surface area contributed by atoms with Crippen molar-refractivity contribution in [3.63, 3.8) is 0 Å². The van der Waals surface area contributed by atoms with Crippen LogP contribution in [0, 0.1) is 0 Å². The van der Waals surface area contributed by atoms with E-state index in [2.05, 4.69) is 335 Å². The molecule has 0 unspecified atom stereocenters. The Balaban J connectivity index is 0.592. The number of benzene rings is 15. The first-order valence-electron chi connectivity index (χ1n) is 34.3. The van der Waals surface area contributed by atoms with Gasteiger partial charge >= 0.3 is 0 Å². The van der Waals surface area contributed by atoms with Crippen LogP contribution in [0.4, 0.5) is 0 Å². The van der Waals surface area contributed by atoms with Crippen LogP contribution in [0.5, 0.6) is 0 Å². The summed E-state index contributed by atoms with van der Waals surface area (Å²) in [4.78, 5) is 10.8. The minimum absolute atomic E-state index is 0.949. The van der Waals surface area contributed by atoms with E-state index in [1.807, 2.05) is 11.3 Å². The summed E-state index contributed by atoms with van der Waals surface area (Å²) in [5.74, 6) is 0.949. The van der Waals surface area contributed by atoms with Gasteiger partial charge in [0.15, 0.2) is 0 Å². The van der Waals surface area contributed by atoms with Gasteiger partial charge in [0.05, 0.1) is 38.8 Å². The first-order chi connectivity index (χ1) is 49.6. The molecule has 0 radical (unpaired) electrons. The smallest absolute Gasteiger partial charge is 0.145 e. The second kappa shape index (κ2) is 20.3. The molecule has 6 aromatic heterocycles. The van der Waals surface area contributed by atoms with Gasteiger partial charge in [-0.05, 0) is 187 Å². The Morgan fingerprint density at radius 2 is 0.690 bits per heavy atom. The molecule has 0 aliphatic heterocycles. The van der Waals surface area contributed by atoms with E-state index in [1.54, 1.807) is 0 Å². The van der Waals surface area contributed by atoms with E-state index in [4.69, 9.17) is 9.97 Å². The van der Waals surface area contributed by atoms with Crippen LogP contribution in [0.15, 0.2) is 322 Å². The number of para-hydroxylation sites is 2. The minimum atomic E-state index is 0.949. The maximum atomic E-state index is 5.41. The van der Waals surface area contributed by atoms with Gasteiger partial charge in [-0.2, -0.15) is 0 Å². The maximum Gasteiger partial charge on any atom is 0.145 e. The molecular formula is C94H53N5S. The van der Waals surface area contributed by atoms with Crippen molar-refractivity contribution in [2.24, 2.45) is 0 Å². The lowest BCUT2D eigenvalue weighted by atomic mass is 9.97. The van der Waals surface area contributed by atoms with Crippen molar-refractivity contribution < 1.29 is 0 Å². The maximum absolute atomic E-state index is 5.41. The second-order valence-corrected chi connectivity index (χ2v) is 28.2. The van der Waals surface area contributed by atoms with Gasteiger partial charge in [0.2, 0.25) is 0 Å². The Kier molecular flexibility index (Phi) is 11.0. The fourth-order valence-electron chi connectivity index (χ4n) is 17.5. The highest BCUT2D eigenvalue weighted by atomic mass is 32.1. The van der Waals surface area contributed by atoms with Crippen LogP contribution >= 0.6 is 11.3 Å². The highest BCUT2D eigenvalue weighted by Gasteiger charge is 2.28. The van der Waals surface area contributed by atoms with Crippen molar-refractivity contribution in [2.75, 3.05) is 0 Å². The van der Waals surface area contributed by atoms with Gasteiger partial charge in [-0.1, -0.05) is 200 Å². The van der Waals surface area contributed by atoms with Crippen LogP contribution in [0.25, 0.3) is 224 Å². The average molecular weight is 1280 g/mol. The molecule has 460 valence electrons. The van der Waals surface area contributed by atoms with Crippen LogP contribution < -0.4 is 0 Å². The Morgan fingerprint density at radius 1 is 0.220 bits per heavy atom. The molecule has 2 aliphatic carbocycles. The zero-order valence-corrected chi connectivity index (χ0v) is 54.6. The molecule has 100 heavy (non-hydrogen) atoms. The molecule has 15 aromatic carbocycles. The van der Waals surface area contributed by atoms with E-state index in [0.29, 0.717) is 0 Å². The Morgan fingerprint density at radius 3 is 1.45 bits per heavy atom. The van der Waals surface area contributed by atoms with Crippen LogP contribution in [-0.4, -0.2) is 23.7 Å². The zero-order chi connectivity index (χ0) is 65.0. The lowest BCUT2D eigenvalue weighted by Crippen LogP contribution is -1.99. The van der Waals surface area contributed by atoms with Crippen LogP contribution in [0.3, 0.4) is 0 Å². The number of hydrogen-bond donors (Lipinski definition) is 0. The number of hydrogen-bond acceptors (Lipinski definition) is 3. The molecule has 21 aromatic rings. The number of aromatic nitrogens is 5. The number of nitrogens with zero attached hydrogens (tertiary/aromatic N) is 5. The van der Waals surface area contributed by atoms with Crippen LogP contribution in [0.1, 0.15) is 0 Å². The fourth-order valence-corrected chi connectivity index (χ4v) is 18.6. The molecule has 0 amide bonds. The van der Waals surface area contributed by atoms with E-state index in [9.17, 15) is 0 Å². The number of rotatable bonds is 7. The van der Waals surface area contributed by atoms with Crippen molar-refractivity contribution in [1.82, 2.24) is 23.7 Å². The first-order valence-corrected chi connectivity index (χ1v) is 35.1. The highest BCUT2D eigenvalue weighted by Crippen LogP contribution is 2.53. The summed E-state index contributed by atoms with van der Waals surface area (Å²) in [7, 11) is 0. The van der Waals surface area contributed by atoms with E-state index in [0.717, 1.165) is 55.8 Å². The molecule has 0 bridgehead atoms. The van der Waals surface area contributed by atoms with Gasteiger partial charge in [0.25, 0.3) is 0 Å². The summed E-state index contributed by atoms with van der Waals surface area (Å²) < 4.78 is 9.88. The highest BCUT2D eigenvalue weighted by molar-refractivity contribution is 7.25. The van der Waals surface area contributed by atoms with Crippen molar-refractivity contribution in [2.45, 2.75) is 0 Å². The number of pyridine rings is 2. The minimum Gasteiger partial charge on any atom is -0.309 e. The van der Waals surface area contributed by atoms with Crippen molar-refractivity contribution >= 4 is 129 Å². The van der Waals surface area contributed by atoms with Gasteiger partial charge in [-0.25, -0.2) is 4.98 Å². The molecule has 0 spiro atoms. The first kappa shape index (κ1) is 54.2. The monoisotopic (exact) mass is 1280 g/mol. The molecule has 6 heterocycles. The quantitative estimate of drug-likeness (QED) is 0.160. The summed E-state index contributed by atoms with van der Waals surface area (Å²) in [6.07, 6.45) is 4.22. The molecule has 2 aliphatic rings. The SMILES string of the molecule is c1ccc(-n2c3ccc(-c4ccc5sc6ccccc6c5c4)cc3c3cc(-c4ncc5c6c(cccc46)-c4ccc(-c6ccc(-n7c8ccccc8c8cc(-c9ccc%10c(c9)c9c%11ccccc%11ccc9n%10-c9ncc%10c%11c(cccc9%11)-c9ccccc9-%10)ccc87)cc6)cc4-5)ccc32)cc1. The van der Waals surface area contributed by atoms with Crippen molar-refractivity contribution in [3.8, 4) is 106 Å². The van der Waals surface area contributed by atoms with Gasteiger partial charge in [0.1, 0.15) is 5.82 Å². The molecule has 5 nitrogen and oxygen atoms in total.